The fraction of sp³-hybridized carbons (Fsp3) is 0.350. The van der Waals surface area contributed by atoms with Gasteiger partial charge in [-0.3, -0.25) is 4.79 Å². The Morgan fingerprint density at radius 3 is 2.31 bits per heavy atom. The normalized spacial score (nSPS) is 20.5. The minimum atomic E-state index is -3.54. The zero-order valence-electron chi connectivity index (χ0n) is 15.0. The molecule has 3 rings (SSSR count). The second-order valence-corrected chi connectivity index (χ2v) is 9.45. The molecule has 2 N–H and O–H groups in total. The van der Waals surface area contributed by atoms with Gasteiger partial charge in [-0.25, -0.2) is 8.42 Å². The zero-order chi connectivity index (χ0) is 18.9. The van der Waals surface area contributed by atoms with Crippen molar-refractivity contribution < 1.29 is 13.2 Å². The number of nitrogens with two attached hydrogens (primary N) is 1. The van der Waals surface area contributed by atoms with E-state index in [9.17, 15) is 13.2 Å². The maximum atomic E-state index is 13.1. The summed E-state index contributed by atoms with van der Waals surface area (Å²) in [7, 11) is -3.54. The fourth-order valence-electron chi connectivity index (χ4n) is 3.36. The molecule has 138 valence electrons. The molecule has 1 aliphatic heterocycles. The predicted molar refractivity (Wildman–Crippen MR) is 102 cm³/mol. The third-order valence-electron chi connectivity index (χ3n) is 4.92. The van der Waals surface area contributed by atoms with E-state index in [1.165, 1.54) is 6.07 Å². The van der Waals surface area contributed by atoms with Gasteiger partial charge >= 0.3 is 0 Å². The third kappa shape index (κ3) is 3.39. The van der Waals surface area contributed by atoms with Gasteiger partial charge in [0.1, 0.15) is 0 Å². The summed E-state index contributed by atoms with van der Waals surface area (Å²) in [6.07, 6.45) is 0. The highest BCUT2D eigenvalue weighted by Gasteiger charge is 2.36. The number of carbonyl (C=O) groups excluding carboxylic acids is 1. The summed E-state index contributed by atoms with van der Waals surface area (Å²) in [4.78, 5) is 14.8. The lowest BCUT2D eigenvalue weighted by atomic mass is 9.95. The van der Waals surface area contributed by atoms with E-state index in [2.05, 4.69) is 0 Å². The van der Waals surface area contributed by atoms with Crippen molar-refractivity contribution in [3.8, 4) is 0 Å². The highest BCUT2D eigenvalue weighted by Crippen LogP contribution is 2.29. The minimum Gasteiger partial charge on any atom is -0.336 e. The lowest BCUT2D eigenvalue weighted by Crippen LogP contribution is -2.33. The van der Waals surface area contributed by atoms with Crippen LogP contribution in [0.4, 0.5) is 0 Å². The molecule has 0 spiro atoms. The van der Waals surface area contributed by atoms with Gasteiger partial charge in [0.05, 0.1) is 15.7 Å². The van der Waals surface area contributed by atoms with Crippen LogP contribution in [0, 0.1) is 0 Å². The number of amides is 1. The molecule has 0 unspecified atom stereocenters. The number of carbonyl (C=O) groups is 1. The number of benzene rings is 2. The maximum absolute atomic E-state index is 13.1. The Morgan fingerprint density at radius 1 is 1.04 bits per heavy atom. The first-order valence-corrected chi connectivity index (χ1v) is 10.3. The number of hydrogen-bond donors (Lipinski definition) is 1. The monoisotopic (exact) mass is 372 g/mol. The van der Waals surface area contributed by atoms with Crippen LogP contribution in [-0.4, -0.2) is 43.6 Å². The van der Waals surface area contributed by atoms with Crippen molar-refractivity contribution in [1.82, 2.24) is 4.90 Å². The summed E-state index contributed by atoms with van der Waals surface area (Å²) in [5, 5.41) is -0.589. The van der Waals surface area contributed by atoms with Crippen molar-refractivity contribution in [2.75, 3.05) is 13.1 Å². The van der Waals surface area contributed by atoms with E-state index < -0.39 is 15.1 Å². The van der Waals surface area contributed by atoms with Crippen LogP contribution in [0.1, 0.15) is 35.7 Å². The first kappa shape index (κ1) is 18.6. The molecule has 0 bridgehead atoms. The highest BCUT2D eigenvalue weighted by molar-refractivity contribution is 7.92. The van der Waals surface area contributed by atoms with Crippen molar-refractivity contribution in [3.63, 3.8) is 0 Å². The minimum absolute atomic E-state index is 0.0500. The first-order valence-electron chi connectivity index (χ1n) is 8.75. The molecule has 0 aliphatic carbocycles. The Morgan fingerprint density at radius 2 is 1.65 bits per heavy atom. The van der Waals surface area contributed by atoms with Gasteiger partial charge in [-0.1, -0.05) is 42.5 Å². The molecule has 2 aromatic rings. The Kier molecular flexibility index (Phi) is 5.16. The van der Waals surface area contributed by atoms with Crippen molar-refractivity contribution in [2.45, 2.75) is 36.0 Å². The molecule has 2 aromatic carbocycles. The Bertz CT molecular complexity index is 894. The summed E-state index contributed by atoms with van der Waals surface area (Å²) in [6, 6.07) is 16.1. The standard InChI is InChI=1S/C20H24N2O3S/c1-14(2)26(24,25)19-11-7-6-10-16(19)20(23)22-12-17(18(21)13-22)15-8-4-3-5-9-15/h3-11,14,17-18H,12-13,21H2,1-2H3/t17-,18+/m0/s1. The van der Waals surface area contributed by atoms with E-state index in [4.69, 9.17) is 5.73 Å². The summed E-state index contributed by atoms with van der Waals surface area (Å²) >= 11 is 0. The average Bonchev–Trinajstić information content (AvgIpc) is 3.03. The molecule has 6 heteroatoms. The molecule has 0 saturated carbocycles. The zero-order valence-corrected chi connectivity index (χ0v) is 15.8. The fourth-order valence-corrected chi connectivity index (χ4v) is 4.60. The maximum Gasteiger partial charge on any atom is 0.255 e. The molecule has 1 amide bonds. The number of hydrogen-bond acceptors (Lipinski definition) is 4. The van der Waals surface area contributed by atoms with E-state index in [1.807, 2.05) is 30.3 Å². The van der Waals surface area contributed by atoms with Crippen LogP contribution in [-0.2, 0) is 9.84 Å². The average molecular weight is 372 g/mol. The van der Waals surface area contributed by atoms with Crippen LogP contribution in [0.15, 0.2) is 59.5 Å². The summed E-state index contributed by atoms with van der Waals surface area (Å²) in [6.45, 7) is 4.14. The molecule has 1 aliphatic rings. The molecule has 0 aromatic heterocycles. The van der Waals surface area contributed by atoms with Crippen LogP contribution >= 0.6 is 0 Å². The van der Waals surface area contributed by atoms with Crippen LogP contribution in [0.2, 0.25) is 0 Å². The lowest BCUT2D eigenvalue weighted by molar-refractivity contribution is 0.0785. The van der Waals surface area contributed by atoms with Gasteiger partial charge < -0.3 is 10.6 Å². The quantitative estimate of drug-likeness (QED) is 0.894. The van der Waals surface area contributed by atoms with Crippen molar-refractivity contribution >= 4 is 15.7 Å². The Hall–Kier alpha value is -2.18. The predicted octanol–water partition coefficient (Wildman–Crippen LogP) is 2.44. The van der Waals surface area contributed by atoms with Gasteiger partial charge in [0.2, 0.25) is 0 Å². The molecule has 1 fully saturated rings. The second kappa shape index (κ2) is 7.21. The SMILES string of the molecule is CC(C)S(=O)(=O)c1ccccc1C(=O)N1C[C@@H](N)[C@H](c2ccccc2)C1. The number of nitrogens with zero attached hydrogens (tertiary/aromatic N) is 1. The molecular weight excluding hydrogens is 348 g/mol. The molecule has 26 heavy (non-hydrogen) atoms. The van der Waals surface area contributed by atoms with E-state index in [1.54, 1.807) is 36.9 Å². The number of sulfone groups is 1. The van der Waals surface area contributed by atoms with E-state index >= 15 is 0 Å². The molecule has 5 nitrogen and oxygen atoms in total. The van der Waals surface area contributed by atoms with E-state index in [-0.39, 0.29) is 28.3 Å². The largest absolute Gasteiger partial charge is 0.336 e. The van der Waals surface area contributed by atoms with Gasteiger partial charge in [-0.05, 0) is 31.5 Å². The third-order valence-corrected chi connectivity index (χ3v) is 7.13. The smallest absolute Gasteiger partial charge is 0.255 e. The van der Waals surface area contributed by atoms with E-state index in [0.29, 0.717) is 13.1 Å². The van der Waals surface area contributed by atoms with Gasteiger partial charge in [-0.15, -0.1) is 0 Å². The number of rotatable bonds is 4. The van der Waals surface area contributed by atoms with Crippen LogP contribution in [0.3, 0.4) is 0 Å². The van der Waals surface area contributed by atoms with Crippen LogP contribution in [0.25, 0.3) is 0 Å². The molecular formula is C20H24N2O3S. The summed E-state index contributed by atoms with van der Waals surface area (Å²) in [5.41, 5.74) is 7.60. The summed E-state index contributed by atoms with van der Waals surface area (Å²) < 4.78 is 25.3. The van der Waals surface area contributed by atoms with E-state index in [0.717, 1.165) is 5.56 Å². The molecule has 0 radical (unpaired) electrons. The molecule has 2 atom stereocenters. The molecule has 1 saturated heterocycles. The summed E-state index contributed by atoms with van der Waals surface area (Å²) in [5.74, 6) is -0.229. The van der Waals surface area contributed by atoms with Crippen LogP contribution < -0.4 is 5.73 Å². The Labute approximate surface area is 154 Å². The van der Waals surface area contributed by atoms with Crippen molar-refractivity contribution in [3.05, 3.63) is 65.7 Å². The first-order chi connectivity index (χ1) is 12.3. The van der Waals surface area contributed by atoms with Crippen molar-refractivity contribution in [2.24, 2.45) is 5.73 Å². The molecule has 1 heterocycles. The van der Waals surface area contributed by atoms with Gasteiger partial charge in [0.15, 0.2) is 9.84 Å². The Balaban J connectivity index is 1.90. The second-order valence-electron chi connectivity index (χ2n) is 6.98. The highest BCUT2D eigenvalue weighted by atomic mass is 32.2. The van der Waals surface area contributed by atoms with Crippen LogP contribution in [0.5, 0.6) is 0 Å². The van der Waals surface area contributed by atoms with Crippen molar-refractivity contribution in [1.29, 1.82) is 0 Å². The van der Waals surface area contributed by atoms with Gasteiger partial charge in [0.25, 0.3) is 5.91 Å². The topological polar surface area (TPSA) is 80.5 Å². The van der Waals surface area contributed by atoms with Gasteiger partial charge in [-0.2, -0.15) is 0 Å². The van der Waals surface area contributed by atoms with Gasteiger partial charge in [0, 0.05) is 25.0 Å². The number of likely N-dealkylation sites (tertiary alicyclic amines) is 1. The lowest BCUT2D eigenvalue weighted by Gasteiger charge is -2.19.